The van der Waals surface area contributed by atoms with Crippen molar-refractivity contribution < 1.29 is 18.0 Å². The van der Waals surface area contributed by atoms with E-state index in [9.17, 15) is 18.0 Å². The summed E-state index contributed by atoms with van der Waals surface area (Å²) in [7, 11) is -3.06. The van der Waals surface area contributed by atoms with Gasteiger partial charge in [0.2, 0.25) is 5.91 Å². The fourth-order valence-electron chi connectivity index (χ4n) is 2.99. The van der Waals surface area contributed by atoms with Gasteiger partial charge in [-0.1, -0.05) is 11.6 Å². The van der Waals surface area contributed by atoms with Gasteiger partial charge in [-0.15, -0.1) is 0 Å². The summed E-state index contributed by atoms with van der Waals surface area (Å²) in [5.74, 6) is -0.358. The third kappa shape index (κ3) is 3.50. The van der Waals surface area contributed by atoms with E-state index in [0.717, 1.165) is 6.42 Å². The number of amides is 2. The van der Waals surface area contributed by atoms with Gasteiger partial charge in [0.25, 0.3) is 5.91 Å². The van der Waals surface area contributed by atoms with Crippen molar-refractivity contribution in [2.45, 2.75) is 25.3 Å². The van der Waals surface area contributed by atoms with E-state index in [1.165, 1.54) is 0 Å². The first-order valence-electron chi connectivity index (χ1n) is 7.47. The standard InChI is InChI=1S/C15H17ClN2O4S/c16-10-3-4-12(13(8-10)18-6-1-2-14(18)19)15(20)17-11-5-7-23(21,22)9-11/h3-4,8,11H,1-2,5-7,9H2,(H,17,20). The minimum Gasteiger partial charge on any atom is -0.348 e. The Morgan fingerprint density at radius 2 is 2.13 bits per heavy atom. The summed E-state index contributed by atoms with van der Waals surface area (Å²) in [6.07, 6.45) is 1.61. The topological polar surface area (TPSA) is 83.6 Å². The van der Waals surface area contributed by atoms with E-state index in [1.54, 1.807) is 23.1 Å². The molecule has 2 saturated heterocycles. The molecule has 0 aromatic heterocycles. The molecule has 1 unspecified atom stereocenters. The molecule has 1 N–H and O–H groups in total. The van der Waals surface area contributed by atoms with E-state index in [4.69, 9.17) is 11.6 Å². The maximum absolute atomic E-state index is 12.5. The molecule has 124 valence electrons. The van der Waals surface area contributed by atoms with E-state index in [2.05, 4.69) is 5.32 Å². The number of carbonyl (C=O) groups is 2. The van der Waals surface area contributed by atoms with Gasteiger partial charge in [0, 0.05) is 24.0 Å². The van der Waals surface area contributed by atoms with Crippen molar-refractivity contribution in [2.75, 3.05) is 23.0 Å². The minimum absolute atomic E-state index is 0.0373. The maximum Gasteiger partial charge on any atom is 0.253 e. The van der Waals surface area contributed by atoms with Gasteiger partial charge in [-0.25, -0.2) is 8.42 Å². The van der Waals surface area contributed by atoms with E-state index in [1.807, 2.05) is 0 Å². The largest absolute Gasteiger partial charge is 0.348 e. The number of sulfone groups is 1. The Hall–Kier alpha value is -1.60. The Morgan fingerprint density at radius 3 is 2.74 bits per heavy atom. The molecule has 1 aromatic rings. The van der Waals surface area contributed by atoms with Crippen LogP contribution in [0.1, 0.15) is 29.6 Å². The second kappa shape index (κ2) is 6.13. The summed E-state index contributed by atoms with van der Waals surface area (Å²) in [4.78, 5) is 26.0. The third-order valence-corrected chi connectivity index (χ3v) is 6.14. The summed E-state index contributed by atoms with van der Waals surface area (Å²) in [5, 5.41) is 3.19. The lowest BCUT2D eigenvalue weighted by atomic mass is 10.1. The first-order valence-corrected chi connectivity index (χ1v) is 9.67. The van der Waals surface area contributed by atoms with Crippen molar-refractivity contribution >= 4 is 38.9 Å². The van der Waals surface area contributed by atoms with Crippen LogP contribution < -0.4 is 10.2 Å². The first kappa shape index (κ1) is 16.3. The molecule has 0 spiro atoms. The average Bonchev–Trinajstić information content (AvgIpc) is 3.04. The highest BCUT2D eigenvalue weighted by Crippen LogP contribution is 2.29. The molecule has 8 heteroatoms. The number of anilines is 1. The van der Waals surface area contributed by atoms with Crippen molar-refractivity contribution in [3.05, 3.63) is 28.8 Å². The number of nitrogens with one attached hydrogen (secondary N) is 1. The van der Waals surface area contributed by atoms with Gasteiger partial charge < -0.3 is 10.2 Å². The normalized spacial score (nSPS) is 23.3. The molecular weight excluding hydrogens is 340 g/mol. The number of carbonyl (C=O) groups excluding carboxylic acids is 2. The number of benzene rings is 1. The fourth-order valence-corrected chi connectivity index (χ4v) is 4.83. The quantitative estimate of drug-likeness (QED) is 0.887. The zero-order chi connectivity index (χ0) is 16.6. The Balaban J connectivity index is 1.84. The molecule has 3 rings (SSSR count). The zero-order valence-corrected chi connectivity index (χ0v) is 14.0. The van der Waals surface area contributed by atoms with Crippen molar-refractivity contribution in [1.82, 2.24) is 5.32 Å². The summed E-state index contributed by atoms with van der Waals surface area (Å²) in [6.45, 7) is 0.553. The van der Waals surface area contributed by atoms with E-state index < -0.39 is 9.84 Å². The van der Waals surface area contributed by atoms with Crippen molar-refractivity contribution in [2.24, 2.45) is 0 Å². The molecule has 1 atom stereocenters. The smallest absolute Gasteiger partial charge is 0.253 e. The summed E-state index contributed by atoms with van der Waals surface area (Å²) in [5.41, 5.74) is 0.826. The fraction of sp³-hybridized carbons (Fsp3) is 0.467. The highest BCUT2D eigenvalue weighted by Gasteiger charge is 2.31. The molecule has 0 aliphatic carbocycles. The number of nitrogens with zero attached hydrogens (tertiary/aromatic N) is 1. The second-order valence-corrected chi connectivity index (χ2v) is 8.55. The highest BCUT2D eigenvalue weighted by atomic mass is 35.5. The molecule has 1 aromatic carbocycles. The summed E-state index contributed by atoms with van der Waals surface area (Å²) >= 11 is 6.01. The van der Waals surface area contributed by atoms with Crippen LogP contribution in [0.25, 0.3) is 0 Å². The van der Waals surface area contributed by atoms with E-state index in [-0.39, 0.29) is 29.4 Å². The number of hydrogen-bond donors (Lipinski definition) is 1. The first-order chi connectivity index (χ1) is 10.9. The maximum atomic E-state index is 12.5. The van der Waals surface area contributed by atoms with Crippen molar-refractivity contribution in [3.63, 3.8) is 0 Å². The Kier molecular flexibility index (Phi) is 4.33. The molecule has 0 radical (unpaired) electrons. The molecular formula is C15H17ClN2O4S. The zero-order valence-electron chi connectivity index (χ0n) is 12.4. The highest BCUT2D eigenvalue weighted by molar-refractivity contribution is 7.91. The van der Waals surface area contributed by atoms with Gasteiger partial charge in [0.15, 0.2) is 9.84 Å². The SMILES string of the molecule is O=C(NC1CCS(=O)(=O)C1)c1ccc(Cl)cc1N1CCCC1=O. The molecule has 2 aliphatic heterocycles. The Morgan fingerprint density at radius 1 is 1.35 bits per heavy atom. The Labute approximate surface area is 139 Å². The number of hydrogen-bond acceptors (Lipinski definition) is 4. The molecule has 0 saturated carbocycles. The number of halogens is 1. The van der Waals surface area contributed by atoms with Crippen LogP contribution in [0.15, 0.2) is 18.2 Å². The van der Waals surface area contributed by atoms with Crippen molar-refractivity contribution in [1.29, 1.82) is 0 Å². The van der Waals surface area contributed by atoms with Crippen LogP contribution in [0.4, 0.5) is 5.69 Å². The monoisotopic (exact) mass is 356 g/mol. The second-order valence-electron chi connectivity index (χ2n) is 5.88. The van der Waals surface area contributed by atoms with Crippen LogP contribution in [-0.4, -0.2) is 44.3 Å². The molecule has 2 heterocycles. The van der Waals surface area contributed by atoms with Gasteiger partial charge >= 0.3 is 0 Å². The van der Waals surface area contributed by atoms with Crippen molar-refractivity contribution in [3.8, 4) is 0 Å². The average molecular weight is 357 g/mol. The van der Waals surface area contributed by atoms with Crippen LogP contribution in [0, 0.1) is 0 Å². The lowest BCUT2D eigenvalue weighted by Gasteiger charge is -2.20. The Bertz CT molecular complexity index is 763. The van der Waals surface area contributed by atoms with Gasteiger partial charge in [-0.05, 0) is 31.0 Å². The van der Waals surface area contributed by atoms with Gasteiger partial charge in [0.1, 0.15) is 0 Å². The molecule has 2 fully saturated rings. The van der Waals surface area contributed by atoms with Gasteiger partial charge in [-0.3, -0.25) is 9.59 Å². The van der Waals surface area contributed by atoms with Crippen LogP contribution in [0.3, 0.4) is 0 Å². The lowest BCUT2D eigenvalue weighted by molar-refractivity contribution is -0.117. The van der Waals surface area contributed by atoms with Crippen LogP contribution >= 0.6 is 11.6 Å². The summed E-state index contributed by atoms with van der Waals surface area (Å²) in [6, 6.07) is 4.38. The molecule has 6 nitrogen and oxygen atoms in total. The molecule has 0 bridgehead atoms. The summed E-state index contributed by atoms with van der Waals surface area (Å²) < 4.78 is 23.0. The van der Waals surface area contributed by atoms with Crippen LogP contribution in [-0.2, 0) is 14.6 Å². The van der Waals surface area contributed by atoms with E-state index >= 15 is 0 Å². The van der Waals surface area contributed by atoms with Crippen LogP contribution in [0.2, 0.25) is 5.02 Å². The van der Waals surface area contributed by atoms with Gasteiger partial charge in [0.05, 0.1) is 22.8 Å². The minimum atomic E-state index is -3.06. The van der Waals surface area contributed by atoms with Gasteiger partial charge in [-0.2, -0.15) is 0 Å². The van der Waals surface area contributed by atoms with E-state index in [0.29, 0.717) is 35.7 Å². The van der Waals surface area contributed by atoms with Crippen LogP contribution in [0.5, 0.6) is 0 Å². The molecule has 23 heavy (non-hydrogen) atoms. The third-order valence-electron chi connectivity index (χ3n) is 4.14. The number of rotatable bonds is 3. The lowest BCUT2D eigenvalue weighted by Crippen LogP contribution is -2.37. The predicted octanol–water partition coefficient (Wildman–Crippen LogP) is 1.38. The molecule has 2 amide bonds. The molecule has 2 aliphatic rings. The predicted molar refractivity (Wildman–Crippen MR) is 87.6 cm³/mol.